The summed E-state index contributed by atoms with van der Waals surface area (Å²) in [5.74, 6) is 7.52. The summed E-state index contributed by atoms with van der Waals surface area (Å²) >= 11 is 3.43. The van der Waals surface area contributed by atoms with Crippen LogP contribution in [0.1, 0.15) is 26.3 Å². The van der Waals surface area contributed by atoms with Crippen LogP contribution >= 0.6 is 15.9 Å². The van der Waals surface area contributed by atoms with Gasteiger partial charge in [-0.3, -0.25) is 0 Å². The molecule has 0 saturated carbocycles. The number of methoxy groups -OCH3 is 1. The maximum atomic E-state index is 6.56. The number of hydrogen-bond donors (Lipinski definition) is 1. The lowest BCUT2D eigenvalue weighted by Crippen LogP contribution is -2.47. The summed E-state index contributed by atoms with van der Waals surface area (Å²) in [7, 11) is -0.511. The minimum Gasteiger partial charge on any atom is -0.497 e. The highest BCUT2D eigenvalue weighted by molar-refractivity contribution is 9.10. The van der Waals surface area contributed by atoms with Crippen molar-refractivity contribution in [3.8, 4) is 11.5 Å². The molecule has 0 aliphatic rings. The number of ether oxygens (including phenoxy) is 2. The average molecular weight is 522 g/mol. The number of azo groups is 1. The lowest BCUT2D eigenvalue weighted by molar-refractivity contribution is 0.162. The van der Waals surface area contributed by atoms with Crippen LogP contribution in [0.3, 0.4) is 0 Å². The molecule has 174 valence electrons. The Bertz CT molecular complexity index is 910. The van der Waals surface area contributed by atoms with Crippen LogP contribution in [0.15, 0.2) is 68.3 Å². The second kappa shape index (κ2) is 11.6. The Morgan fingerprint density at radius 3 is 2.16 bits per heavy atom. The highest BCUT2D eigenvalue weighted by atomic mass is 79.9. The highest BCUT2D eigenvalue weighted by Crippen LogP contribution is 2.37. The summed E-state index contributed by atoms with van der Waals surface area (Å²) < 4.78 is 18.7. The third-order valence-corrected chi connectivity index (χ3v) is 10.5. The van der Waals surface area contributed by atoms with E-state index in [1.807, 2.05) is 48.5 Å². The van der Waals surface area contributed by atoms with Crippen LogP contribution in [0.2, 0.25) is 18.1 Å². The van der Waals surface area contributed by atoms with Crippen LogP contribution in [-0.2, 0) is 11.0 Å². The second-order valence-electron chi connectivity index (χ2n) is 8.87. The van der Waals surface area contributed by atoms with Gasteiger partial charge in [-0.15, -0.1) is 5.11 Å². The molecule has 0 heterocycles. The summed E-state index contributed by atoms with van der Waals surface area (Å²) in [5, 5.41) is 12.5. The molecule has 9 heteroatoms. The van der Waals surface area contributed by atoms with Crippen molar-refractivity contribution < 1.29 is 13.9 Å². The topological polar surface area (TPSA) is 90.8 Å². The molecule has 0 bridgehead atoms. The van der Waals surface area contributed by atoms with Gasteiger partial charge in [0.25, 0.3) is 0 Å². The smallest absolute Gasteiger partial charge is 0.200 e. The van der Waals surface area contributed by atoms with Crippen LogP contribution in [-0.4, -0.2) is 34.0 Å². The Morgan fingerprint density at radius 1 is 1.03 bits per heavy atom. The van der Waals surface area contributed by atoms with E-state index in [0.717, 1.165) is 21.5 Å². The molecule has 32 heavy (non-hydrogen) atoms. The molecule has 0 radical (unpaired) electrons. The first-order valence-electron chi connectivity index (χ1n) is 10.4. The molecule has 7 nitrogen and oxygen atoms in total. The monoisotopic (exact) mass is 520 g/mol. The summed E-state index contributed by atoms with van der Waals surface area (Å²) in [6, 6.07) is 15.3. The molecule has 0 amide bonds. The Hall–Kier alpha value is -2.23. The number of rotatable bonds is 9. The second-order valence-corrected chi connectivity index (χ2v) is 14.5. The van der Waals surface area contributed by atoms with E-state index in [9.17, 15) is 0 Å². The normalized spacial score (nSPS) is 13.9. The minimum absolute atomic E-state index is 0.00278. The SMILES string of the molecule is COc1ccc(CN=NC(=NN)[C@@H](COc2ccc(Br)cc2)O[Si](C)(C)C(C)(C)C)cc1. The van der Waals surface area contributed by atoms with Gasteiger partial charge in [0.15, 0.2) is 8.32 Å². The summed E-state index contributed by atoms with van der Waals surface area (Å²) in [5.41, 5.74) is 0.999. The number of nitrogens with two attached hydrogens (primary N) is 1. The van der Waals surface area contributed by atoms with Gasteiger partial charge in [-0.2, -0.15) is 10.2 Å². The quantitative estimate of drug-likeness (QED) is 0.107. The molecule has 0 aliphatic heterocycles. The predicted octanol–water partition coefficient (Wildman–Crippen LogP) is 6.15. The minimum atomic E-state index is -2.15. The standard InChI is InChI=1S/C23H33BrN4O3Si/c1-23(2,3)32(5,6)31-21(16-30-20-13-9-18(24)10-14-20)22(27-25)28-26-15-17-7-11-19(29-4)12-8-17/h7-14,21H,15-16,25H2,1-6H3/t21-/m1/s1. The summed E-state index contributed by atoms with van der Waals surface area (Å²) in [4.78, 5) is 0. The fourth-order valence-corrected chi connectivity index (χ4v) is 3.99. The zero-order chi connectivity index (χ0) is 23.8. The molecule has 0 saturated heterocycles. The van der Waals surface area contributed by atoms with E-state index in [0.29, 0.717) is 12.4 Å². The van der Waals surface area contributed by atoms with E-state index >= 15 is 0 Å². The van der Waals surface area contributed by atoms with Gasteiger partial charge in [0.1, 0.15) is 24.2 Å². The third-order valence-electron chi connectivity index (χ3n) is 5.46. The Kier molecular flexibility index (Phi) is 9.42. The van der Waals surface area contributed by atoms with E-state index in [1.54, 1.807) is 7.11 Å². The third kappa shape index (κ3) is 7.72. The molecule has 0 aliphatic carbocycles. The van der Waals surface area contributed by atoms with Gasteiger partial charge in [-0.1, -0.05) is 48.8 Å². The molecule has 2 N–H and O–H groups in total. The molecule has 0 spiro atoms. The van der Waals surface area contributed by atoms with Gasteiger partial charge in [-0.25, -0.2) is 0 Å². The molecule has 0 unspecified atom stereocenters. The largest absolute Gasteiger partial charge is 0.497 e. The maximum Gasteiger partial charge on any atom is 0.200 e. The fraction of sp³-hybridized carbons (Fsp3) is 0.435. The molecule has 2 aromatic rings. The van der Waals surface area contributed by atoms with Gasteiger partial charge < -0.3 is 19.7 Å². The average Bonchev–Trinajstić information content (AvgIpc) is 2.75. The van der Waals surface area contributed by atoms with Gasteiger partial charge in [0.05, 0.1) is 13.7 Å². The van der Waals surface area contributed by atoms with Crippen molar-refractivity contribution in [3.63, 3.8) is 0 Å². The van der Waals surface area contributed by atoms with Gasteiger partial charge in [-0.05, 0) is 60.1 Å². The summed E-state index contributed by atoms with van der Waals surface area (Å²) in [6.45, 7) is 11.5. The number of hydrazone groups is 1. The fourth-order valence-electron chi connectivity index (χ4n) is 2.49. The van der Waals surface area contributed by atoms with Crippen LogP contribution in [0.25, 0.3) is 0 Å². The van der Waals surface area contributed by atoms with Crippen molar-refractivity contribution >= 4 is 30.1 Å². The van der Waals surface area contributed by atoms with Crippen molar-refractivity contribution in [3.05, 3.63) is 58.6 Å². The molecular weight excluding hydrogens is 488 g/mol. The number of halogens is 1. The van der Waals surface area contributed by atoms with E-state index in [-0.39, 0.29) is 11.6 Å². The number of hydrogen-bond acceptors (Lipinski definition) is 6. The zero-order valence-electron chi connectivity index (χ0n) is 19.6. The first-order chi connectivity index (χ1) is 15.1. The number of benzene rings is 2. The van der Waals surface area contributed by atoms with Crippen molar-refractivity contribution in [1.82, 2.24) is 0 Å². The highest BCUT2D eigenvalue weighted by Gasteiger charge is 2.40. The van der Waals surface area contributed by atoms with Gasteiger partial charge in [0, 0.05) is 4.47 Å². The van der Waals surface area contributed by atoms with Crippen molar-refractivity contribution in [2.75, 3.05) is 13.7 Å². The van der Waals surface area contributed by atoms with E-state index in [4.69, 9.17) is 19.7 Å². The van der Waals surface area contributed by atoms with Gasteiger partial charge in [0.2, 0.25) is 5.84 Å². The Morgan fingerprint density at radius 2 is 1.62 bits per heavy atom. The van der Waals surface area contributed by atoms with E-state index < -0.39 is 14.4 Å². The van der Waals surface area contributed by atoms with E-state index in [1.165, 1.54) is 0 Å². The van der Waals surface area contributed by atoms with Crippen molar-refractivity contribution in [2.24, 2.45) is 21.2 Å². The van der Waals surface area contributed by atoms with Crippen molar-refractivity contribution in [1.29, 1.82) is 0 Å². The van der Waals surface area contributed by atoms with Crippen LogP contribution in [0, 0.1) is 0 Å². The lowest BCUT2D eigenvalue weighted by atomic mass is 10.2. The summed E-state index contributed by atoms with van der Waals surface area (Å²) in [6.07, 6.45) is -0.538. The van der Waals surface area contributed by atoms with Crippen LogP contribution < -0.4 is 15.3 Å². The molecular formula is C23H33BrN4O3Si. The lowest BCUT2D eigenvalue weighted by Gasteiger charge is -2.38. The van der Waals surface area contributed by atoms with Gasteiger partial charge >= 0.3 is 0 Å². The predicted molar refractivity (Wildman–Crippen MR) is 135 cm³/mol. The number of nitrogens with zero attached hydrogens (tertiary/aromatic N) is 3. The molecule has 1 atom stereocenters. The van der Waals surface area contributed by atoms with Crippen LogP contribution in [0.4, 0.5) is 0 Å². The Labute approximate surface area is 200 Å². The first-order valence-corrected chi connectivity index (χ1v) is 14.1. The van der Waals surface area contributed by atoms with Crippen molar-refractivity contribution in [2.45, 2.75) is 51.6 Å². The first kappa shape index (κ1) is 26.0. The number of amidine groups is 1. The molecule has 0 aromatic heterocycles. The molecule has 0 fully saturated rings. The molecule has 2 rings (SSSR count). The molecule has 2 aromatic carbocycles. The maximum absolute atomic E-state index is 6.56. The zero-order valence-corrected chi connectivity index (χ0v) is 22.2. The Balaban J connectivity index is 2.16. The van der Waals surface area contributed by atoms with Crippen LogP contribution in [0.5, 0.6) is 11.5 Å². The van der Waals surface area contributed by atoms with E-state index in [2.05, 4.69) is 65.1 Å².